The van der Waals surface area contributed by atoms with Gasteiger partial charge in [-0.25, -0.2) is 4.39 Å². The van der Waals surface area contributed by atoms with Crippen molar-refractivity contribution in [2.45, 2.75) is 39.0 Å². The summed E-state index contributed by atoms with van der Waals surface area (Å²) in [4.78, 5) is 14.2. The molecular weight excluding hydrogens is 283 g/mol. The maximum absolute atomic E-state index is 13.5. The van der Waals surface area contributed by atoms with Crippen LogP contribution in [-0.2, 0) is 4.79 Å². The predicted octanol–water partition coefficient (Wildman–Crippen LogP) is 3.48. The molecule has 1 atom stereocenters. The molecule has 0 saturated carbocycles. The van der Waals surface area contributed by atoms with Crippen LogP contribution in [-0.4, -0.2) is 31.0 Å². The van der Waals surface area contributed by atoms with Crippen molar-refractivity contribution in [1.29, 1.82) is 5.26 Å². The lowest BCUT2D eigenvalue weighted by atomic mass is 9.95. The second kappa shape index (κ2) is 9.04. The molecule has 1 rings (SSSR count). The molecule has 22 heavy (non-hydrogen) atoms. The van der Waals surface area contributed by atoms with E-state index in [1.807, 2.05) is 13.8 Å². The minimum absolute atomic E-state index is 0.0380. The van der Waals surface area contributed by atoms with E-state index in [1.54, 1.807) is 4.90 Å². The van der Waals surface area contributed by atoms with Crippen molar-refractivity contribution in [2.75, 3.05) is 20.2 Å². The molecule has 0 aliphatic heterocycles. The number of hydrogen-bond donors (Lipinski definition) is 0. The summed E-state index contributed by atoms with van der Waals surface area (Å²) >= 11 is 0. The first-order valence-electron chi connectivity index (χ1n) is 7.58. The molecule has 0 radical (unpaired) electrons. The van der Waals surface area contributed by atoms with Gasteiger partial charge in [-0.2, -0.15) is 5.26 Å². The quantitative estimate of drug-likeness (QED) is 0.739. The first-order valence-corrected chi connectivity index (χ1v) is 7.58. The molecule has 0 spiro atoms. The van der Waals surface area contributed by atoms with Gasteiger partial charge in [-0.3, -0.25) is 4.79 Å². The lowest BCUT2D eigenvalue weighted by Crippen LogP contribution is -2.33. The Morgan fingerprint density at radius 1 is 1.36 bits per heavy atom. The summed E-state index contributed by atoms with van der Waals surface area (Å²) in [7, 11) is 1.47. The molecule has 0 fully saturated rings. The Bertz CT molecular complexity index is 534. The van der Waals surface area contributed by atoms with Crippen LogP contribution in [0, 0.1) is 17.1 Å². The van der Waals surface area contributed by atoms with Crippen LogP contribution in [0.4, 0.5) is 4.39 Å². The van der Waals surface area contributed by atoms with Gasteiger partial charge in [-0.15, -0.1) is 0 Å². The Balaban J connectivity index is 2.95. The fraction of sp³-hybridized carbons (Fsp3) is 0.529. The highest BCUT2D eigenvalue weighted by Crippen LogP contribution is 2.30. The molecule has 1 aromatic carbocycles. The molecular formula is C17H23FN2O2. The molecule has 0 saturated heterocycles. The van der Waals surface area contributed by atoms with E-state index < -0.39 is 11.7 Å². The third kappa shape index (κ3) is 4.73. The monoisotopic (exact) mass is 306 g/mol. The number of hydrogen-bond acceptors (Lipinski definition) is 3. The minimum atomic E-state index is -0.714. The lowest BCUT2D eigenvalue weighted by Gasteiger charge is -2.23. The summed E-state index contributed by atoms with van der Waals surface area (Å²) in [5.41, 5.74) is 0.422. The van der Waals surface area contributed by atoms with Crippen molar-refractivity contribution in [2.24, 2.45) is 0 Å². The van der Waals surface area contributed by atoms with E-state index in [0.29, 0.717) is 24.4 Å². The van der Waals surface area contributed by atoms with E-state index >= 15 is 0 Å². The fourth-order valence-electron chi connectivity index (χ4n) is 2.41. The number of nitrogens with zero attached hydrogens (tertiary/aromatic N) is 2. The highest BCUT2D eigenvalue weighted by atomic mass is 19.1. The average molecular weight is 306 g/mol. The number of rotatable bonds is 8. The number of carbonyl (C=O) groups excluding carboxylic acids is 1. The number of methoxy groups -OCH3 is 1. The predicted molar refractivity (Wildman–Crippen MR) is 83.1 cm³/mol. The molecule has 1 amide bonds. The Morgan fingerprint density at radius 2 is 2.00 bits per heavy atom. The normalized spacial score (nSPS) is 11.6. The maximum atomic E-state index is 13.5. The molecule has 0 aromatic heterocycles. The molecule has 0 bridgehead atoms. The number of amides is 1. The standard InChI is InChI=1S/C17H23FN2O2/c1-4-8-20(9-5-2)17(21)10-13(12-19)15-11-14(18)6-7-16(15)22-3/h6-7,11,13H,4-5,8-10H2,1-3H3. The third-order valence-corrected chi connectivity index (χ3v) is 3.44. The number of carbonyl (C=O) groups is 1. The van der Waals surface area contributed by atoms with E-state index in [-0.39, 0.29) is 12.3 Å². The van der Waals surface area contributed by atoms with Crippen LogP contribution in [0.2, 0.25) is 0 Å². The van der Waals surface area contributed by atoms with Crippen LogP contribution < -0.4 is 4.74 Å². The summed E-state index contributed by atoms with van der Waals surface area (Å²) in [6, 6.07) is 6.12. The van der Waals surface area contributed by atoms with Crippen molar-refractivity contribution in [3.05, 3.63) is 29.6 Å². The van der Waals surface area contributed by atoms with Crippen LogP contribution in [0.25, 0.3) is 0 Å². The zero-order valence-electron chi connectivity index (χ0n) is 13.4. The van der Waals surface area contributed by atoms with Crippen LogP contribution in [0.3, 0.4) is 0 Å². The maximum Gasteiger partial charge on any atom is 0.224 e. The van der Waals surface area contributed by atoms with Crippen molar-refractivity contribution >= 4 is 5.91 Å². The fourth-order valence-corrected chi connectivity index (χ4v) is 2.41. The van der Waals surface area contributed by atoms with E-state index in [9.17, 15) is 14.4 Å². The van der Waals surface area contributed by atoms with Gasteiger partial charge in [-0.1, -0.05) is 13.8 Å². The molecule has 0 aliphatic rings. The van der Waals surface area contributed by atoms with Crippen molar-refractivity contribution in [3.63, 3.8) is 0 Å². The molecule has 1 unspecified atom stereocenters. The molecule has 1 aromatic rings. The average Bonchev–Trinajstić information content (AvgIpc) is 2.52. The van der Waals surface area contributed by atoms with E-state index in [4.69, 9.17) is 4.74 Å². The third-order valence-electron chi connectivity index (χ3n) is 3.44. The van der Waals surface area contributed by atoms with E-state index in [0.717, 1.165) is 12.8 Å². The zero-order chi connectivity index (χ0) is 16.5. The largest absolute Gasteiger partial charge is 0.496 e. The number of nitriles is 1. The first kappa shape index (κ1) is 18.0. The number of benzene rings is 1. The van der Waals surface area contributed by atoms with Crippen molar-refractivity contribution in [1.82, 2.24) is 4.90 Å². The molecule has 4 nitrogen and oxygen atoms in total. The lowest BCUT2D eigenvalue weighted by molar-refractivity contribution is -0.131. The van der Waals surface area contributed by atoms with E-state index in [2.05, 4.69) is 6.07 Å². The SMILES string of the molecule is CCCN(CCC)C(=O)CC(C#N)c1cc(F)ccc1OC. The van der Waals surface area contributed by atoms with Gasteiger partial charge in [0.1, 0.15) is 11.6 Å². The Hall–Kier alpha value is -2.09. The van der Waals surface area contributed by atoms with Crippen LogP contribution >= 0.6 is 0 Å². The van der Waals surface area contributed by atoms with Gasteiger partial charge in [0.05, 0.1) is 19.1 Å². The van der Waals surface area contributed by atoms with Crippen molar-refractivity contribution < 1.29 is 13.9 Å². The summed E-state index contributed by atoms with van der Waals surface area (Å²) in [6.45, 7) is 5.36. The summed E-state index contributed by atoms with van der Waals surface area (Å²) in [6.07, 6.45) is 1.77. The van der Waals surface area contributed by atoms with Gasteiger partial charge in [0, 0.05) is 25.1 Å². The van der Waals surface area contributed by atoms with Crippen molar-refractivity contribution in [3.8, 4) is 11.8 Å². The van der Waals surface area contributed by atoms with Gasteiger partial charge in [0.15, 0.2) is 0 Å². The summed E-state index contributed by atoms with van der Waals surface area (Å²) < 4.78 is 18.6. The molecule has 0 aliphatic carbocycles. The van der Waals surface area contributed by atoms with Gasteiger partial charge >= 0.3 is 0 Å². The molecule has 5 heteroatoms. The van der Waals surface area contributed by atoms with Gasteiger partial charge < -0.3 is 9.64 Å². The summed E-state index contributed by atoms with van der Waals surface area (Å²) in [5.74, 6) is -0.809. The zero-order valence-corrected chi connectivity index (χ0v) is 13.4. The second-order valence-electron chi connectivity index (χ2n) is 5.15. The number of halogens is 1. The Morgan fingerprint density at radius 3 is 2.50 bits per heavy atom. The Labute approximate surface area is 131 Å². The molecule has 0 heterocycles. The second-order valence-corrected chi connectivity index (χ2v) is 5.15. The van der Waals surface area contributed by atoms with Crippen LogP contribution in [0.15, 0.2) is 18.2 Å². The highest BCUT2D eigenvalue weighted by Gasteiger charge is 2.23. The minimum Gasteiger partial charge on any atom is -0.496 e. The van der Waals surface area contributed by atoms with Crippen LogP contribution in [0.1, 0.15) is 44.6 Å². The molecule has 0 N–H and O–H groups in total. The van der Waals surface area contributed by atoms with Gasteiger partial charge in [0.25, 0.3) is 0 Å². The molecule has 120 valence electrons. The van der Waals surface area contributed by atoms with Gasteiger partial charge in [-0.05, 0) is 31.0 Å². The first-order chi connectivity index (χ1) is 10.6. The summed E-state index contributed by atoms with van der Waals surface area (Å²) in [5, 5.41) is 9.38. The number of ether oxygens (including phenoxy) is 1. The Kier molecular flexibility index (Phi) is 7.38. The topological polar surface area (TPSA) is 53.3 Å². The highest BCUT2D eigenvalue weighted by molar-refractivity contribution is 5.77. The smallest absolute Gasteiger partial charge is 0.224 e. The van der Waals surface area contributed by atoms with E-state index in [1.165, 1.54) is 25.3 Å². The van der Waals surface area contributed by atoms with Crippen LogP contribution in [0.5, 0.6) is 5.75 Å². The van der Waals surface area contributed by atoms with Gasteiger partial charge in [0.2, 0.25) is 5.91 Å².